The number of unbranched alkanes of at least 4 members (excludes halogenated alkanes) is 1. The molecule has 3 heterocycles. The van der Waals surface area contributed by atoms with Crippen LogP contribution in [0.3, 0.4) is 0 Å². The Hall–Kier alpha value is -4.10. The highest BCUT2D eigenvalue weighted by molar-refractivity contribution is 9.09. The topological polar surface area (TPSA) is 111 Å². The molecule has 0 aliphatic carbocycles. The molecule has 1 atom stereocenters. The van der Waals surface area contributed by atoms with Crippen LogP contribution in [0.4, 0.5) is 4.79 Å². The van der Waals surface area contributed by atoms with Gasteiger partial charge < -0.3 is 28.4 Å². The van der Waals surface area contributed by atoms with Crippen molar-refractivity contribution in [3.63, 3.8) is 0 Å². The van der Waals surface area contributed by atoms with Crippen molar-refractivity contribution in [2.45, 2.75) is 91.3 Å². The van der Waals surface area contributed by atoms with Crippen LogP contribution in [0, 0.1) is 0 Å². The van der Waals surface area contributed by atoms with Crippen LogP contribution in [0.5, 0.6) is 5.75 Å². The number of aryl methyl sites for hydroxylation is 3. The first kappa shape index (κ1) is 44.5. The van der Waals surface area contributed by atoms with Crippen molar-refractivity contribution >= 4 is 61.3 Å². The van der Waals surface area contributed by atoms with Gasteiger partial charge in [0.05, 0.1) is 48.7 Å². The van der Waals surface area contributed by atoms with Gasteiger partial charge in [0.25, 0.3) is 0 Å². The van der Waals surface area contributed by atoms with E-state index >= 15 is 0 Å². The Labute approximate surface area is 361 Å². The predicted octanol–water partition coefficient (Wildman–Crippen LogP) is 10.4. The molecule has 1 unspecified atom stereocenters. The van der Waals surface area contributed by atoms with Crippen molar-refractivity contribution in [3.05, 3.63) is 82.3 Å². The maximum atomic E-state index is 14.2. The first-order valence-corrected chi connectivity index (χ1v) is 22.5. The van der Waals surface area contributed by atoms with E-state index in [1.807, 2.05) is 64.1 Å². The van der Waals surface area contributed by atoms with Gasteiger partial charge in [0.2, 0.25) is 0 Å². The second-order valence-corrected chi connectivity index (χ2v) is 17.2. The van der Waals surface area contributed by atoms with E-state index in [0.29, 0.717) is 68.5 Å². The fraction of sp³-hybridized carbons (Fsp3) is 0.500. The van der Waals surface area contributed by atoms with Crippen LogP contribution >= 0.6 is 27.5 Å². The summed E-state index contributed by atoms with van der Waals surface area (Å²) in [5.74, 6) is 0.463. The number of hydrogen-bond acceptors (Lipinski definition) is 8. The summed E-state index contributed by atoms with van der Waals surface area (Å²) >= 11 is 11.0. The Kier molecular flexibility index (Phi) is 15.4. The van der Waals surface area contributed by atoms with Gasteiger partial charge in [-0.15, -0.1) is 0 Å². The number of esters is 1. The number of aromatic nitrogens is 3. The molecule has 3 aromatic carbocycles. The number of nitrogens with one attached hydrogen (secondary N) is 1. The molecule has 1 fully saturated rings. The number of alkyl halides is 1. The first-order valence-electron chi connectivity index (χ1n) is 21.0. The van der Waals surface area contributed by atoms with Crippen LogP contribution in [0.1, 0.15) is 93.8 Å². The second kappa shape index (κ2) is 20.4. The zero-order chi connectivity index (χ0) is 42.1. The molecule has 2 aromatic heterocycles. The molecule has 1 saturated heterocycles. The molecule has 0 spiro atoms. The number of H-pyrrole nitrogens is 1. The van der Waals surface area contributed by atoms with Crippen LogP contribution in [-0.2, 0) is 33.6 Å². The standard InChI is InChI=1S/C46H59BrClN5O6/c1-7-36-40(41(50-49-36)37(22-25-52-26-29-56-30-27-52)51(6)45(55)59-46(3,4)5)39-35(48)21-20-34-33(43(44(54)57-8-2)53(42(34)39)24-12-11-23-47)18-14-28-58-38-19-13-16-31-15-9-10-17-32(31)38/h9-10,13,15-17,19-21,37H,7-8,11-12,14,18,22-30H2,1-6H3,(H,49,50). The van der Waals surface area contributed by atoms with Crippen molar-refractivity contribution in [1.82, 2.24) is 24.6 Å². The molecule has 1 amide bonds. The molecule has 59 heavy (non-hydrogen) atoms. The lowest BCUT2D eigenvalue weighted by Crippen LogP contribution is -2.41. The summed E-state index contributed by atoms with van der Waals surface area (Å²) < 4.78 is 25.9. The number of aromatic amines is 1. The lowest BCUT2D eigenvalue weighted by Gasteiger charge is -2.33. The minimum absolute atomic E-state index is 0.243. The summed E-state index contributed by atoms with van der Waals surface area (Å²) in [6.45, 7) is 14.5. The van der Waals surface area contributed by atoms with Gasteiger partial charge in [-0.1, -0.05) is 76.9 Å². The molecule has 0 saturated carbocycles. The summed E-state index contributed by atoms with van der Waals surface area (Å²) in [5.41, 5.74) is 4.80. The van der Waals surface area contributed by atoms with Crippen molar-refractivity contribution in [2.24, 2.45) is 0 Å². The maximum absolute atomic E-state index is 14.2. The molecule has 11 nitrogen and oxygen atoms in total. The average Bonchev–Trinajstić information content (AvgIpc) is 3.78. The number of morpholine rings is 1. The molecule has 1 aliphatic rings. The van der Waals surface area contributed by atoms with Crippen LogP contribution in [0.25, 0.3) is 32.8 Å². The van der Waals surface area contributed by atoms with Gasteiger partial charge in [0, 0.05) is 66.2 Å². The average molecular weight is 893 g/mol. The van der Waals surface area contributed by atoms with Gasteiger partial charge in [-0.2, -0.15) is 5.10 Å². The molecular formula is C46H59BrClN5O6. The van der Waals surface area contributed by atoms with Crippen LogP contribution in [-0.4, -0.2) is 101 Å². The van der Waals surface area contributed by atoms with Crippen LogP contribution < -0.4 is 4.74 Å². The van der Waals surface area contributed by atoms with Crippen molar-refractivity contribution in [2.75, 3.05) is 58.4 Å². The number of hydrogen-bond donors (Lipinski definition) is 1. The van der Waals surface area contributed by atoms with Gasteiger partial charge in [0.15, 0.2) is 0 Å². The summed E-state index contributed by atoms with van der Waals surface area (Å²) in [6, 6.07) is 17.8. The molecule has 1 N–H and O–H groups in total. The molecule has 6 rings (SSSR count). The fourth-order valence-corrected chi connectivity index (χ4v) is 8.68. The number of ether oxygens (including phenoxy) is 4. The summed E-state index contributed by atoms with van der Waals surface area (Å²) in [4.78, 5) is 32.0. The van der Waals surface area contributed by atoms with E-state index in [1.54, 1.807) is 11.9 Å². The Bertz CT molecular complexity index is 2200. The summed E-state index contributed by atoms with van der Waals surface area (Å²) in [5, 5.41) is 12.8. The largest absolute Gasteiger partial charge is 0.493 e. The molecule has 5 aromatic rings. The molecule has 1 aliphatic heterocycles. The number of amides is 1. The fourth-order valence-electron chi connectivity index (χ4n) is 8.03. The smallest absolute Gasteiger partial charge is 0.410 e. The predicted molar refractivity (Wildman–Crippen MR) is 239 cm³/mol. The van der Waals surface area contributed by atoms with E-state index in [2.05, 4.69) is 55.6 Å². The first-order chi connectivity index (χ1) is 28.5. The van der Waals surface area contributed by atoms with E-state index in [0.717, 1.165) is 87.6 Å². The SMILES string of the molecule is CCOC(=O)c1c(CCCOc2cccc3ccccc23)c2ccc(Cl)c(-c3c(C(CCN4CCOCC4)N(C)C(=O)OC(C)(C)C)n[nH]c3CC)c2n1CCCCBr. The third kappa shape index (κ3) is 10.4. The molecular weight excluding hydrogens is 834 g/mol. The van der Waals surface area contributed by atoms with E-state index in [1.165, 1.54) is 0 Å². The van der Waals surface area contributed by atoms with E-state index in [9.17, 15) is 9.59 Å². The minimum Gasteiger partial charge on any atom is -0.493 e. The van der Waals surface area contributed by atoms with Gasteiger partial charge in [-0.05, 0) is 89.3 Å². The molecule has 318 valence electrons. The van der Waals surface area contributed by atoms with Crippen LogP contribution in [0.15, 0.2) is 54.6 Å². The Morgan fingerprint density at radius 2 is 1.75 bits per heavy atom. The third-order valence-corrected chi connectivity index (χ3v) is 11.7. The van der Waals surface area contributed by atoms with Crippen molar-refractivity contribution in [3.8, 4) is 16.9 Å². The van der Waals surface area contributed by atoms with Crippen molar-refractivity contribution in [1.29, 1.82) is 0 Å². The molecule has 0 radical (unpaired) electrons. The number of fused-ring (bicyclic) bond motifs is 2. The normalized spacial score (nSPS) is 14.2. The highest BCUT2D eigenvalue weighted by Gasteiger charge is 2.35. The monoisotopic (exact) mass is 891 g/mol. The van der Waals surface area contributed by atoms with Gasteiger partial charge >= 0.3 is 12.1 Å². The van der Waals surface area contributed by atoms with Crippen LogP contribution in [0.2, 0.25) is 5.02 Å². The number of carbonyl (C=O) groups is 2. The highest BCUT2D eigenvalue weighted by Crippen LogP contribution is 2.45. The maximum Gasteiger partial charge on any atom is 0.410 e. The minimum atomic E-state index is -0.687. The number of benzene rings is 3. The Morgan fingerprint density at radius 1 is 0.983 bits per heavy atom. The lowest BCUT2D eigenvalue weighted by molar-refractivity contribution is 0.0149. The van der Waals surface area contributed by atoms with E-state index in [-0.39, 0.29) is 12.6 Å². The lowest BCUT2D eigenvalue weighted by atomic mass is 9.93. The Balaban J connectivity index is 1.48. The van der Waals surface area contributed by atoms with Gasteiger partial charge in [0.1, 0.15) is 17.0 Å². The van der Waals surface area contributed by atoms with Gasteiger partial charge in [-0.25, -0.2) is 9.59 Å². The third-order valence-electron chi connectivity index (χ3n) is 10.9. The van der Waals surface area contributed by atoms with E-state index in [4.69, 9.17) is 35.6 Å². The van der Waals surface area contributed by atoms with E-state index < -0.39 is 17.7 Å². The zero-order valence-electron chi connectivity index (χ0n) is 35.4. The Morgan fingerprint density at radius 3 is 2.47 bits per heavy atom. The number of halogens is 2. The summed E-state index contributed by atoms with van der Waals surface area (Å²) in [7, 11) is 1.78. The van der Waals surface area contributed by atoms with Crippen molar-refractivity contribution < 1.29 is 28.5 Å². The number of rotatable bonds is 18. The number of nitrogens with zero attached hydrogens (tertiary/aromatic N) is 4. The zero-order valence-corrected chi connectivity index (χ0v) is 37.7. The quantitative estimate of drug-likeness (QED) is 0.0526. The number of carbonyl (C=O) groups excluding carboxylic acids is 2. The highest BCUT2D eigenvalue weighted by atomic mass is 79.9. The summed E-state index contributed by atoms with van der Waals surface area (Å²) in [6.07, 6.45) is 3.77. The second-order valence-electron chi connectivity index (χ2n) is 16.0. The molecule has 13 heteroatoms. The molecule has 0 bridgehead atoms. The van der Waals surface area contributed by atoms with Gasteiger partial charge in [-0.3, -0.25) is 10.00 Å².